The summed E-state index contributed by atoms with van der Waals surface area (Å²) in [5.41, 5.74) is 0.194. The third-order valence-electron chi connectivity index (χ3n) is 2.66. The molecule has 0 spiro atoms. The van der Waals surface area contributed by atoms with Gasteiger partial charge in [-0.05, 0) is 6.07 Å². The van der Waals surface area contributed by atoms with E-state index in [0.717, 1.165) is 0 Å². The first-order valence-electron chi connectivity index (χ1n) is 5.41. The van der Waals surface area contributed by atoms with E-state index in [2.05, 4.69) is 4.98 Å². The molecule has 2 rings (SSSR count). The van der Waals surface area contributed by atoms with Crippen molar-refractivity contribution in [3.8, 4) is 0 Å². The Bertz CT molecular complexity index is 437. The zero-order valence-corrected chi connectivity index (χ0v) is 9.26. The molecule has 0 saturated carbocycles. The van der Waals surface area contributed by atoms with Crippen molar-refractivity contribution in [2.45, 2.75) is 6.10 Å². The third-order valence-corrected chi connectivity index (χ3v) is 2.66. The van der Waals surface area contributed by atoms with Crippen molar-refractivity contribution in [1.29, 1.82) is 0 Å². The van der Waals surface area contributed by atoms with E-state index >= 15 is 0 Å². The molecule has 0 aromatic carbocycles. The van der Waals surface area contributed by atoms with Gasteiger partial charge in [0, 0.05) is 25.4 Å². The smallest absolute Gasteiger partial charge is 0.255 e. The van der Waals surface area contributed by atoms with Gasteiger partial charge in [-0.25, -0.2) is 0 Å². The Kier molecular flexibility index (Phi) is 3.55. The molecule has 1 unspecified atom stereocenters. The molecular weight excluding hydrogens is 224 g/mol. The maximum atomic E-state index is 12.0. The van der Waals surface area contributed by atoms with Gasteiger partial charge in [0.25, 0.3) is 5.91 Å². The molecule has 6 heteroatoms. The van der Waals surface area contributed by atoms with E-state index in [1.165, 1.54) is 18.3 Å². The molecule has 2 N–H and O–H groups in total. The average molecular weight is 238 g/mol. The molecule has 92 valence electrons. The van der Waals surface area contributed by atoms with Crippen molar-refractivity contribution in [2.75, 3.05) is 26.3 Å². The minimum absolute atomic E-state index is 0.102. The van der Waals surface area contributed by atoms with Gasteiger partial charge in [0.2, 0.25) is 5.56 Å². The summed E-state index contributed by atoms with van der Waals surface area (Å²) in [7, 11) is 0. The van der Waals surface area contributed by atoms with Gasteiger partial charge in [-0.15, -0.1) is 0 Å². The van der Waals surface area contributed by atoms with Crippen LogP contribution in [0.3, 0.4) is 0 Å². The van der Waals surface area contributed by atoms with Gasteiger partial charge in [-0.2, -0.15) is 0 Å². The summed E-state index contributed by atoms with van der Waals surface area (Å²) in [4.78, 5) is 27.0. The number of hydrogen-bond donors (Lipinski definition) is 2. The summed E-state index contributed by atoms with van der Waals surface area (Å²) < 4.78 is 5.26. The number of aromatic amines is 1. The number of ether oxygens (including phenoxy) is 1. The van der Waals surface area contributed by atoms with Crippen molar-refractivity contribution >= 4 is 5.91 Å². The lowest BCUT2D eigenvalue weighted by Gasteiger charge is -2.32. The topological polar surface area (TPSA) is 82.6 Å². The first-order chi connectivity index (χ1) is 8.20. The lowest BCUT2D eigenvalue weighted by Crippen LogP contribution is -2.47. The molecule has 1 atom stereocenters. The van der Waals surface area contributed by atoms with Gasteiger partial charge in [-0.3, -0.25) is 9.59 Å². The van der Waals surface area contributed by atoms with E-state index in [1.54, 1.807) is 4.90 Å². The van der Waals surface area contributed by atoms with Gasteiger partial charge < -0.3 is 19.7 Å². The predicted octanol–water partition coefficient (Wildman–Crippen LogP) is -0.792. The van der Waals surface area contributed by atoms with E-state index < -0.39 is 0 Å². The number of rotatable bonds is 2. The molecule has 1 fully saturated rings. The van der Waals surface area contributed by atoms with Crippen molar-refractivity contribution in [3.63, 3.8) is 0 Å². The number of carbonyl (C=O) groups is 1. The molecule has 2 heterocycles. The van der Waals surface area contributed by atoms with E-state index in [0.29, 0.717) is 25.3 Å². The fraction of sp³-hybridized carbons (Fsp3) is 0.455. The summed E-state index contributed by atoms with van der Waals surface area (Å²) in [6, 6.07) is 2.81. The molecular formula is C11H14N2O4. The molecule has 0 aliphatic carbocycles. The molecule has 6 nitrogen and oxygen atoms in total. The Morgan fingerprint density at radius 2 is 2.41 bits per heavy atom. The van der Waals surface area contributed by atoms with Crippen LogP contribution in [0, 0.1) is 0 Å². The number of aliphatic hydroxyl groups excluding tert-OH is 1. The number of amides is 1. The number of aliphatic hydroxyl groups is 1. The minimum atomic E-state index is -0.324. The highest BCUT2D eigenvalue weighted by atomic mass is 16.5. The first kappa shape index (κ1) is 11.8. The lowest BCUT2D eigenvalue weighted by molar-refractivity contribution is -0.0447. The van der Waals surface area contributed by atoms with Gasteiger partial charge in [0.05, 0.1) is 24.9 Å². The number of H-pyrrole nitrogens is 1. The third kappa shape index (κ3) is 2.72. The molecule has 0 bridgehead atoms. The standard InChI is InChI=1S/C11H14N2O4/c14-7-9-6-13(3-4-17-9)11(16)8-1-2-10(15)12-5-8/h1-2,5,9,14H,3-4,6-7H2,(H,12,15). The molecule has 1 amide bonds. The Morgan fingerprint density at radius 3 is 3.06 bits per heavy atom. The second kappa shape index (κ2) is 5.11. The van der Waals surface area contributed by atoms with E-state index in [4.69, 9.17) is 9.84 Å². The Hall–Kier alpha value is -1.66. The summed E-state index contributed by atoms with van der Waals surface area (Å²) in [6.45, 7) is 1.18. The highest BCUT2D eigenvalue weighted by Gasteiger charge is 2.24. The van der Waals surface area contributed by atoms with Gasteiger partial charge in [0.15, 0.2) is 0 Å². The molecule has 1 saturated heterocycles. The maximum Gasteiger partial charge on any atom is 0.255 e. The largest absolute Gasteiger partial charge is 0.394 e. The zero-order valence-electron chi connectivity index (χ0n) is 9.26. The SMILES string of the molecule is O=C(c1ccc(=O)[nH]c1)N1CCOC(CO)C1. The Morgan fingerprint density at radius 1 is 1.59 bits per heavy atom. The van der Waals surface area contributed by atoms with Crippen LogP contribution in [0.2, 0.25) is 0 Å². The van der Waals surface area contributed by atoms with Gasteiger partial charge >= 0.3 is 0 Å². The van der Waals surface area contributed by atoms with E-state index in [1.807, 2.05) is 0 Å². The van der Waals surface area contributed by atoms with Crippen LogP contribution in [-0.4, -0.2) is 53.3 Å². The number of nitrogens with zero attached hydrogens (tertiary/aromatic N) is 1. The number of morpholine rings is 1. The van der Waals surface area contributed by atoms with Crippen LogP contribution in [0.25, 0.3) is 0 Å². The number of hydrogen-bond acceptors (Lipinski definition) is 4. The molecule has 1 aliphatic heterocycles. The fourth-order valence-electron chi connectivity index (χ4n) is 1.74. The number of pyridine rings is 1. The second-order valence-corrected chi connectivity index (χ2v) is 3.87. The molecule has 1 aliphatic rings. The Balaban J connectivity index is 2.09. The van der Waals surface area contributed by atoms with Crippen LogP contribution >= 0.6 is 0 Å². The average Bonchev–Trinajstić information content (AvgIpc) is 2.39. The normalized spacial score (nSPS) is 20.3. The number of nitrogens with one attached hydrogen (secondary N) is 1. The Labute approximate surface area is 97.8 Å². The molecule has 1 aromatic rings. The quantitative estimate of drug-likeness (QED) is 0.707. The van der Waals surface area contributed by atoms with Crippen LogP contribution in [0.1, 0.15) is 10.4 Å². The monoisotopic (exact) mass is 238 g/mol. The van der Waals surface area contributed by atoms with E-state index in [9.17, 15) is 9.59 Å². The molecule has 17 heavy (non-hydrogen) atoms. The summed E-state index contributed by atoms with van der Waals surface area (Å²) in [5.74, 6) is -0.164. The van der Waals surface area contributed by atoms with Crippen LogP contribution in [0.15, 0.2) is 23.1 Å². The van der Waals surface area contributed by atoms with E-state index in [-0.39, 0.29) is 24.2 Å². The van der Waals surface area contributed by atoms with Crippen molar-refractivity contribution in [1.82, 2.24) is 9.88 Å². The minimum Gasteiger partial charge on any atom is -0.394 e. The predicted molar refractivity (Wildman–Crippen MR) is 59.8 cm³/mol. The summed E-state index contributed by atoms with van der Waals surface area (Å²) >= 11 is 0. The summed E-state index contributed by atoms with van der Waals surface area (Å²) in [5, 5.41) is 8.99. The highest BCUT2D eigenvalue weighted by molar-refractivity contribution is 5.93. The molecule has 1 aromatic heterocycles. The fourth-order valence-corrected chi connectivity index (χ4v) is 1.74. The van der Waals surface area contributed by atoms with Crippen molar-refractivity contribution in [3.05, 3.63) is 34.2 Å². The van der Waals surface area contributed by atoms with Crippen LogP contribution < -0.4 is 5.56 Å². The summed E-state index contributed by atoms with van der Waals surface area (Å²) in [6.07, 6.45) is 1.07. The van der Waals surface area contributed by atoms with Gasteiger partial charge in [0.1, 0.15) is 0 Å². The van der Waals surface area contributed by atoms with Crippen LogP contribution in [0.4, 0.5) is 0 Å². The van der Waals surface area contributed by atoms with Crippen LogP contribution in [-0.2, 0) is 4.74 Å². The van der Waals surface area contributed by atoms with Gasteiger partial charge in [-0.1, -0.05) is 0 Å². The first-order valence-corrected chi connectivity index (χ1v) is 5.41. The number of aromatic nitrogens is 1. The maximum absolute atomic E-state index is 12.0. The number of carbonyl (C=O) groups excluding carboxylic acids is 1. The highest BCUT2D eigenvalue weighted by Crippen LogP contribution is 2.09. The lowest BCUT2D eigenvalue weighted by atomic mass is 10.2. The second-order valence-electron chi connectivity index (χ2n) is 3.87. The van der Waals surface area contributed by atoms with Crippen LogP contribution in [0.5, 0.6) is 0 Å². The van der Waals surface area contributed by atoms with Crippen molar-refractivity contribution < 1.29 is 14.6 Å². The molecule has 0 radical (unpaired) electrons. The zero-order chi connectivity index (χ0) is 12.3. The van der Waals surface area contributed by atoms with Crippen molar-refractivity contribution in [2.24, 2.45) is 0 Å².